The summed E-state index contributed by atoms with van der Waals surface area (Å²) in [5.41, 5.74) is 14.1. The monoisotopic (exact) mass is 820 g/mol. The average Bonchev–Trinajstić information content (AvgIpc) is 3.96. The number of para-hydroxylation sites is 1. The summed E-state index contributed by atoms with van der Waals surface area (Å²) < 4.78 is 9.12. The Kier molecular flexibility index (Phi) is 7.23. The van der Waals surface area contributed by atoms with Crippen LogP contribution in [0.4, 0.5) is 0 Å². The maximum atomic E-state index is 6.50. The molecular weight excluding hydrogens is 781 g/mol. The van der Waals surface area contributed by atoms with E-state index in [1.54, 1.807) is 0 Å². The van der Waals surface area contributed by atoms with Gasteiger partial charge in [0.1, 0.15) is 11.2 Å². The molecule has 2 aliphatic rings. The molecule has 0 amide bonds. The maximum absolute atomic E-state index is 6.50. The molecule has 0 fully saturated rings. The molecule has 2 heterocycles. The maximum Gasteiger partial charge on any atom is 0.143 e. The Morgan fingerprint density at radius 2 is 1.13 bits per heavy atom. The molecule has 2 aliphatic carbocycles. The van der Waals surface area contributed by atoms with Gasteiger partial charge in [-0.05, 0) is 148 Å². The van der Waals surface area contributed by atoms with E-state index in [0.29, 0.717) is 5.92 Å². The van der Waals surface area contributed by atoms with E-state index < -0.39 is 0 Å². The van der Waals surface area contributed by atoms with Crippen molar-refractivity contribution in [3.8, 4) is 22.3 Å². The summed E-state index contributed by atoms with van der Waals surface area (Å²) in [6.07, 6.45) is 5.88. The van der Waals surface area contributed by atoms with Gasteiger partial charge in [-0.1, -0.05) is 159 Å². The van der Waals surface area contributed by atoms with Crippen molar-refractivity contribution in [2.75, 3.05) is 0 Å². The van der Waals surface area contributed by atoms with E-state index in [1.807, 2.05) is 11.3 Å². The van der Waals surface area contributed by atoms with Crippen molar-refractivity contribution in [3.63, 3.8) is 0 Å². The van der Waals surface area contributed by atoms with Gasteiger partial charge in [-0.3, -0.25) is 0 Å². The number of thiophene rings is 1. The number of hydrogen-bond acceptors (Lipinski definition) is 2. The van der Waals surface area contributed by atoms with Crippen LogP contribution in [0.1, 0.15) is 37.0 Å². The number of allylic oxidation sites excluding steroid dienone is 4. The zero-order valence-electron chi connectivity index (χ0n) is 35.0. The number of hydrogen-bond donors (Lipinski definition) is 0. The van der Waals surface area contributed by atoms with Crippen molar-refractivity contribution in [1.82, 2.24) is 0 Å². The van der Waals surface area contributed by atoms with Crippen molar-refractivity contribution in [3.05, 3.63) is 205 Å². The summed E-state index contributed by atoms with van der Waals surface area (Å²) in [5, 5.41) is 15.2. The van der Waals surface area contributed by atoms with E-state index in [-0.39, 0.29) is 5.41 Å². The molecule has 63 heavy (non-hydrogen) atoms. The third-order valence-corrected chi connectivity index (χ3v) is 15.9. The number of rotatable bonds is 3. The molecule has 1 unspecified atom stereocenters. The standard InChI is InChI=1S/C61H40OS/c1-61(2)53-31-37(36-25-29-56-51(30-36)52-34-50-38(33-57(52)63-56)23-28-49-43-15-9-10-21-55(43)62-60(49)50)22-26-41(53)42-27-24-39(32-54(42)61)58-45-16-5-7-18-47(45)59(48-19-8-6-17-46(48)58)44-20-11-13-35-12-3-4-14-40(35)44/h3-31,33-34,54H,32H2,1-2H3. The summed E-state index contributed by atoms with van der Waals surface area (Å²) in [5.74, 6) is 0.365. The average molecular weight is 821 g/mol. The Labute approximate surface area is 368 Å². The summed E-state index contributed by atoms with van der Waals surface area (Å²) in [6, 6.07) is 65.6. The van der Waals surface area contributed by atoms with E-state index in [4.69, 9.17) is 4.42 Å². The van der Waals surface area contributed by atoms with Gasteiger partial charge in [0.05, 0.1) is 0 Å². The molecule has 0 radical (unpaired) electrons. The zero-order chi connectivity index (χ0) is 41.6. The van der Waals surface area contributed by atoms with Crippen molar-refractivity contribution in [2.45, 2.75) is 25.7 Å². The van der Waals surface area contributed by atoms with E-state index in [9.17, 15) is 0 Å². The molecule has 0 aliphatic heterocycles. The molecule has 296 valence electrons. The second kappa shape index (κ2) is 12.9. The van der Waals surface area contributed by atoms with Gasteiger partial charge < -0.3 is 4.42 Å². The largest absolute Gasteiger partial charge is 0.455 e. The lowest BCUT2D eigenvalue weighted by Crippen LogP contribution is -2.25. The Hall–Kier alpha value is -7.26. The minimum absolute atomic E-state index is 0.0543. The molecule has 0 bridgehead atoms. The van der Waals surface area contributed by atoms with Gasteiger partial charge in [-0.25, -0.2) is 0 Å². The Morgan fingerprint density at radius 1 is 0.460 bits per heavy atom. The topological polar surface area (TPSA) is 13.1 Å². The number of fused-ring (bicyclic) bond motifs is 14. The van der Waals surface area contributed by atoms with Gasteiger partial charge in [0, 0.05) is 36.3 Å². The Bertz CT molecular complexity index is 3970. The highest BCUT2D eigenvalue weighted by Gasteiger charge is 2.44. The molecule has 12 aromatic rings. The lowest BCUT2D eigenvalue weighted by Gasteiger charge is -2.32. The first-order chi connectivity index (χ1) is 31.0. The molecule has 0 saturated carbocycles. The quantitative estimate of drug-likeness (QED) is 0.162. The highest BCUT2D eigenvalue weighted by molar-refractivity contribution is 7.25. The van der Waals surface area contributed by atoms with Crippen molar-refractivity contribution in [2.24, 2.45) is 5.92 Å². The second-order valence-electron chi connectivity index (χ2n) is 18.3. The first-order valence-electron chi connectivity index (χ1n) is 22.2. The lowest BCUT2D eigenvalue weighted by molar-refractivity contribution is 0.419. The number of furan rings is 1. The summed E-state index contributed by atoms with van der Waals surface area (Å²) in [6.45, 7) is 4.95. The fourth-order valence-electron chi connectivity index (χ4n) is 11.7. The van der Waals surface area contributed by atoms with Gasteiger partial charge >= 0.3 is 0 Å². The van der Waals surface area contributed by atoms with Crippen molar-refractivity contribution in [1.29, 1.82) is 0 Å². The zero-order valence-corrected chi connectivity index (χ0v) is 35.8. The molecule has 14 rings (SSSR count). The first kappa shape index (κ1) is 35.3. The van der Waals surface area contributed by atoms with Crippen LogP contribution >= 0.6 is 11.3 Å². The van der Waals surface area contributed by atoms with Crippen LogP contribution in [-0.2, 0) is 5.41 Å². The Balaban J connectivity index is 0.874. The SMILES string of the molecule is CC1(C)c2cc(-c3ccc4sc5cc6ccc7c8ccccc8oc7c6cc5c4c3)ccc2C2=CC=C(c3c4ccccc4c(-c4cccc5ccccc45)c4ccccc34)CC21. The fraction of sp³-hybridized carbons (Fsp3) is 0.0820. The molecule has 2 aromatic heterocycles. The van der Waals surface area contributed by atoms with Crippen LogP contribution in [0, 0.1) is 5.92 Å². The third kappa shape index (κ3) is 4.99. The molecule has 0 spiro atoms. The lowest BCUT2D eigenvalue weighted by atomic mass is 9.71. The summed E-state index contributed by atoms with van der Waals surface area (Å²) in [7, 11) is 0. The first-order valence-corrected chi connectivity index (χ1v) is 23.0. The highest BCUT2D eigenvalue weighted by Crippen LogP contribution is 2.57. The summed E-state index contributed by atoms with van der Waals surface area (Å²) >= 11 is 1.88. The predicted molar refractivity (Wildman–Crippen MR) is 271 cm³/mol. The Morgan fingerprint density at radius 3 is 1.94 bits per heavy atom. The smallest absolute Gasteiger partial charge is 0.143 e. The van der Waals surface area contributed by atoms with Crippen LogP contribution in [0.3, 0.4) is 0 Å². The van der Waals surface area contributed by atoms with E-state index in [0.717, 1.165) is 17.6 Å². The fourth-order valence-corrected chi connectivity index (χ4v) is 12.8. The molecule has 1 nitrogen and oxygen atoms in total. The number of benzene rings is 10. The van der Waals surface area contributed by atoms with Crippen LogP contribution in [-0.4, -0.2) is 0 Å². The molecule has 10 aromatic carbocycles. The molecular formula is C61H40OS. The van der Waals surface area contributed by atoms with Gasteiger partial charge in [0.15, 0.2) is 0 Å². The van der Waals surface area contributed by atoms with Crippen LogP contribution < -0.4 is 0 Å². The normalized spacial score (nSPS) is 15.9. The molecule has 1 atom stereocenters. The van der Waals surface area contributed by atoms with Gasteiger partial charge in [-0.15, -0.1) is 11.3 Å². The van der Waals surface area contributed by atoms with E-state index in [1.165, 1.54) is 124 Å². The van der Waals surface area contributed by atoms with Crippen LogP contribution in [0.2, 0.25) is 0 Å². The summed E-state index contributed by atoms with van der Waals surface area (Å²) in [4.78, 5) is 0. The molecule has 0 N–H and O–H groups in total. The highest BCUT2D eigenvalue weighted by atomic mass is 32.1. The van der Waals surface area contributed by atoms with Gasteiger partial charge in [-0.2, -0.15) is 0 Å². The van der Waals surface area contributed by atoms with Crippen molar-refractivity contribution < 1.29 is 4.42 Å². The molecule has 0 saturated heterocycles. The van der Waals surface area contributed by atoms with Crippen LogP contribution in [0.5, 0.6) is 0 Å². The minimum atomic E-state index is -0.0543. The van der Waals surface area contributed by atoms with Gasteiger partial charge in [0.2, 0.25) is 0 Å². The van der Waals surface area contributed by atoms with Crippen LogP contribution in [0.15, 0.2) is 192 Å². The minimum Gasteiger partial charge on any atom is -0.455 e. The van der Waals surface area contributed by atoms with Crippen molar-refractivity contribution >= 4 is 108 Å². The van der Waals surface area contributed by atoms with E-state index >= 15 is 0 Å². The molecule has 2 heteroatoms. The van der Waals surface area contributed by atoms with Gasteiger partial charge in [0.25, 0.3) is 0 Å². The predicted octanol–water partition coefficient (Wildman–Crippen LogP) is 17.7. The second-order valence-corrected chi connectivity index (χ2v) is 19.4. The van der Waals surface area contributed by atoms with Crippen LogP contribution in [0.25, 0.3) is 119 Å². The third-order valence-electron chi connectivity index (χ3n) is 14.8. The van der Waals surface area contributed by atoms with E-state index in [2.05, 4.69) is 202 Å².